The lowest BCUT2D eigenvalue weighted by Gasteiger charge is -2.09. The van der Waals surface area contributed by atoms with Gasteiger partial charge in [0.05, 0.1) is 0 Å². The number of rotatable bonds is 2. The number of benzene rings is 1. The average Bonchev–Trinajstić information content (AvgIpc) is 2.30. The Hall–Kier alpha value is -1.52. The van der Waals surface area contributed by atoms with Crippen LogP contribution in [0.15, 0.2) is 58.6 Å². The second kappa shape index (κ2) is 4.33. The van der Waals surface area contributed by atoms with Crippen molar-refractivity contribution in [3.05, 3.63) is 48.7 Å². The van der Waals surface area contributed by atoms with Crippen molar-refractivity contribution in [2.45, 2.75) is 9.92 Å². The van der Waals surface area contributed by atoms with Crippen LogP contribution in [0.1, 0.15) is 0 Å². The number of aromatic hydroxyl groups is 1. The standard InChI is InChI=1S/C11H9NO2S/c13-9-5-1-2-6-10(9)15(14)11-7-3-4-8-12-11/h1-8,13H. The summed E-state index contributed by atoms with van der Waals surface area (Å²) in [6, 6.07) is 11.7. The lowest BCUT2D eigenvalue weighted by atomic mass is 10.3. The molecule has 0 spiro atoms. The van der Waals surface area contributed by atoms with Crippen molar-refractivity contribution < 1.29 is 9.66 Å². The van der Waals surface area contributed by atoms with Crippen molar-refractivity contribution in [2.75, 3.05) is 0 Å². The molecule has 0 aliphatic rings. The van der Waals surface area contributed by atoms with Gasteiger partial charge in [0.15, 0.2) is 5.75 Å². The second-order valence-electron chi connectivity index (χ2n) is 2.90. The first-order valence-electron chi connectivity index (χ1n) is 4.40. The van der Waals surface area contributed by atoms with Gasteiger partial charge in [-0.15, -0.1) is 0 Å². The number of para-hydroxylation sites is 1. The van der Waals surface area contributed by atoms with Gasteiger partial charge in [-0.3, -0.25) is 0 Å². The Morgan fingerprint density at radius 1 is 1.07 bits per heavy atom. The van der Waals surface area contributed by atoms with Crippen LogP contribution in [0.3, 0.4) is 0 Å². The number of phenolic OH excluding ortho intramolecular Hbond substituents is 1. The summed E-state index contributed by atoms with van der Waals surface area (Å²) in [7, 11) is 0. The Morgan fingerprint density at radius 2 is 1.80 bits per heavy atom. The summed E-state index contributed by atoms with van der Waals surface area (Å²) in [6.45, 7) is 0. The maximum atomic E-state index is 12.0. The normalized spacial score (nSPS) is 12.3. The molecule has 1 N–H and O–H groups in total. The molecule has 0 saturated carbocycles. The highest BCUT2D eigenvalue weighted by molar-refractivity contribution is 7.91. The highest BCUT2D eigenvalue weighted by atomic mass is 32.2. The smallest absolute Gasteiger partial charge is 0.250 e. The lowest BCUT2D eigenvalue weighted by Crippen LogP contribution is -2.04. The van der Waals surface area contributed by atoms with Crippen LogP contribution in [0.2, 0.25) is 0 Å². The molecule has 1 aromatic heterocycles. The minimum atomic E-state index is -1.42. The van der Waals surface area contributed by atoms with Gasteiger partial charge in [-0.1, -0.05) is 18.2 Å². The van der Waals surface area contributed by atoms with Crippen molar-refractivity contribution in [2.24, 2.45) is 0 Å². The zero-order valence-corrected chi connectivity index (χ0v) is 8.65. The monoisotopic (exact) mass is 219 g/mol. The van der Waals surface area contributed by atoms with E-state index >= 15 is 0 Å². The van der Waals surface area contributed by atoms with Gasteiger partial charge in [-0.05, 0) is 18.2 Å². The molecule has 0 amide bonds. The molecule has 0 radical (unpaired) electrons. The summed E-state index contributed by atoms with van der Waals surface area (Å²) in [5.74, 6) is 0.0292. The summed E-state index contributed by atoms with van der Waals surface area (Å²) in [6.07, 6.45) is 1.58. The topological polar surface area (TPSA) is 56.2 Å². The van der Waals surface area contributed by atoms with Crippen LogP contribution in [0.5, 0.6) is 5.75 Å². The third-order valence-corrected chi connectivity index (χ3v) is 3.26. The Bertz CT molecular complexity index is 447. The highest BCUT2D eigenvalue weighted by Gasteiger charge is 2.19. The molecule has 76 valence electrons. The van der Waals surface area contributed by atoms with Crippen LogP contribution in [0, 0.1) is 0 Å². The van der Waals surface area contributed by atoms with Gasteiger partial charge in [-0.25, -0.2) is 4.98 Å². The summed E-state index contributed by atoms with van der Waals surface area (Å²) >= 11 is -1.42. The third kappa shape index (κ3) is 2.11. The number of pyridine rings is 1. The van der Waals surface area contributed by atoms with Gasteiger partial charge in [-0.2, -0.15) is 0 Å². The summed E-state index contributed by atoms with van der Waals surface area (Å²) in [4.78, 5) is 4.37. The Kier molecular flexibility index (Phi) is 2.89. The molecule has 1 aromatic carbocycles. The fourth-order valence-electron chi connectivity index (χ4n) is 1.18. The predicted octanol–water partition coefficient (Wildman–Crippen LogP) is 1.95. The number of nitrogens with zero attached hydrogens (tertiary/aromatic N) is 1. The van der Waals surface area contributed by atoms with Crippen LogP contribution in [0.25, 0.3) is 0 Å². The quantitative estimate of drug-likeness (QED) is 0.785. The van der Waals surface area contributed by atoms with E-state index in [9.17, 15) is 9.66 Å². The first-order chi connectivity index (χ1) is 7.29. The van der Waals surface area contributed by atoms with E-state index in [0.29, 0.717) is 9.92 Å². The maximum absolute atomic E-state index is 12.0. The second-order valence-corrected chi connectivity index (χ2v) is 4.30. The van der Waals surface area contributed by atoms with E-state index in [-0.39, 0.29) is 5.75 Å². The van der Waals surface area contributed by atoms with Crippen LogP contribution in [0.4, 0.5) is 0 Å². The molecule has 15 heavy (non-hydrogen) atoms. The SMILES string of the molecule is [O-][S+](c1ccccn1)c1ccccc1O. The fourth-order valence-corrected chi connectivity index (χ4v) is 2.23. The molecule has 0 bridgehead atoms. The Balaban J connectivity index is 2.37. The van der Waals surface area contributed by atoms with Crippen molar-refractivity contribution in [1.82, 2.24) is 4.98 Å². The van der Waals surface area contributed by atoms with Crippen molar-refractivity contribution >= 4 is 11.2 Å². The zero-order valence-electron chi connectivity index (χ0n) is 7.83. The molecule has 0 aliphatic heterocycles. The van der Waals surface area contributed by atoms with Crippen molar-refractivity contribution in [3.8, 4) is 5.75 Å². The highest BCUT2D eigenvalue weighted by Crippen LogP contribution is 2.26. The molecule has 0 aliphatic carbocycles. The van der Waals surface area contributed by atoms with Crippen LogP contribution in [-0.4, -0.2) is 14.6 Å². The number of hydrogen-bond donors (Lipinski definition) is 1. The summed E-state index contributed by atoms with van der Waals surface area (Å²) < 4.78 is 12.0. The minimum Gasteiger partial charge on any atom is -0.605 e. The van der Waals surface area contributed by atoms with Gasteiger partial charge >= 0.3 is 0 Å². The first kappa shape index (κ1) is 10.0. The number of hydrogen-bond acceptors (Lipinski definition) is 3. The summed E-state index contributed by atoms with van der Waals surface area (Å²) in [5.41, 5.74) is 0. The molecule has 1 heterocycles. The van der Waals surface area contributed by atoms with Gasteiger partial charge in [0.1, 0.15) is 0 Å². The molecule has 4 heteroatoms. The predicted molar refractivity (Wildman–Crippen MR) is 57.0 cm³/mol. The first-order valence-corrected chi connectivity index (χ1v) is 5.55. The van der Waals surface area contributed by atoms with Gasteiger partial charge in [0.2, 0.25) is 9.92 Å². The third-order valence-electron chi connectivity index (χ3n) is 1.89. The van der Waals surface area contributed by atoms with Gasteiger partial charge in [0.25, 0.3) is 0 Å². The molecule has 2 aromatic rings. The van der Waals surface area contributed by atoms with E-state index in [1.807, 2.05) is 0 Å². The van der Waals surface area contributed by atoms with Crippen LogP contribution < -0.4 is 0 Å². The largest absolute Gasteiger partial charge is 0.605 e. The van der Waals surface area contributed by atoms with E-state index in [1.165, 1.54) is 6.07 Å². The van der Waals surface area contributed by atoms with E-state index in [1.54, 1.807) is 42.6 Å². The number of phenols is 1. The van der Waals surface area contributed by atoms with E-state index in [2.05, 4.69) is 4.98 Å². The van der Waals surface area contributed by atoms with Crippen molar-refractivity contribution in [1.29, 1.82) is 0 Å². The molecule has 0 fully saturated rings. The van der Waals surface area contributed by atoms with Crippen molar-refractivity contribution in [3.63, 3.8) is 0 Å². The molecular weight excluding hydrogens is 210 g/mol. The minimum absolute atomic E-state index is 0.0292. The Morgan fingerprint density at radius 3 is 2.47 bits per heavy atom. The zero-order chi connectivity index (χ0) is 10.7. The maximum Gasteiger partial charge on any atom is 0.250 e. The van der Waals surface area contributed by atoms with Gasteiger partial charge in [0, 0.05) is 23.4 Å². The van der Waals surface area contributed by atoms with E-state index < -0.39 is 11.2 Å². The van der Waals surface area contributed by atoms with Crippen LogP contribution in [-0.2, 0) is 11.2 Å². The van der Waals surface area contributed by atoms with E-state index in [4.69, 9.17) is 0 Å². The lowest BCUT2D eigenvalue weighted by molar-refractivity contribution is 0.458. The molecule has 3 nitrogen and oxygen atoms in total. The van der Waals surface area contributed by atoms with E-state index in [0.717, 1.165) is 0 Å². The molecular formula is C11H9NO2S. The molecule has 1 unspecified atom stereocenters. The summed E-state index contributed by atoms with van der Waals surface area (Å²) in [5, 5.41) is 9.96. The fraction of sp³-hybridized carbons (Fsp3) is 0. The molecule has 2 rings (SSSR count). The van der Waals surface area contributed by atoms with Gasteiger partial charge < -0.3 is 9.66 Å². The average molecular weight is 219 g/mol. The Labute approximate surface area is 90.6 Å². The number of aromatic nitrogens is 1. The van der Waals surface area contributed by atoms with Crippen LogP contribution >= 0.6 is 0 Å². The molecule has 0 saturated heterocycles. The molecule has 1 atom stereocenters.